The second kappa shape index (κ2) is 4.32. The average molecular weight is 295 g/mol. The van der Waals surface area contributed by atoms with Gasteiger partial charge in [-0.2, -0.15) is 0 Å². The number of furan rings is 1. The predicted molar refractivity (Wildman–Crippen MR) is 80.5 cm³/mol. The van der Waals surface area contributed by atoms with Crippen molar-refractivity contribution in [2.75, 3.05) is 10.6 Å². The molecule has 7 nitrogen and oxygen atoms in total. The molecule has 0 fully saturated rings. The van der Waals surface area contributed by atoms with Gasteiger partial charge >= 0.3 is 0 Å². The number of carbonyl (C=O) groups excluding carboxylic acids is 1. The van der Waals surface area contributed by atoms with Crippen molar-refractivity contribution in [2.45, 2.75) is 0 Å². The van der Waals surface area contributed by atoms with E-state index >= 15 is 0 Å². The van der Waals surface area contributed by atoms with Gasteiger partial charge in [-0.05, 0) is 18.2 Å². The number of hydrogen-bond acceptors (Lipinski definition) is 5. The highest BCUT2D eigenvalue weighted by Crippen LogP contribution is 2.39. The number of non-ortho nitro benzene ring substituents is 1. The maximum absolute atomic E-state index is 12.3. The number of nitrogens with one attached hydrogen (secondary N) is 2. The van der Waals surface area contributed by atoms with Crippen molar-refractivity contribution in [1.82, 2.24) is 0 Å². The Labute approximate surface area is 123 Å². The Bertz CT molecular complexity index is 945. The summed E-state index contributed by atoms with van der Waals surface area (Å²) in [5.74, 6) is -0.294. The maximum Gasteiger partial charge on any atom is 0.293 e. The second-order valence-electron chi connectivity index (χ2n) is 4.87. The molecule has 22 heavy (non-hydrogen) atoms. The average Bonchev–Trinajstić information content (AvgIpc) is 2.81. The fourth-order valence-electron chi connectivity index (χ4n) is 2.50. The van der Waals surface area contributed by atoms with Crippen molar-refractivity contribution in [2.24, 2.45) is 0 Å². The largest absolute Gasteiger partial charge is 0.449 e. The first-order valence-corrected chi connectivity index (χ1v) is 6.52. The van der Waals surface area contributed by atoms with Crippen molar-refractivity contribution < 1.29 is 14.1 Å². The highest BCUT2D eigenvalue weighted by atomic mass is 16.6. The fourth-order valence-corrected chi connectivity index (χ4v) is 2.50. The number of rotatable bonds is 1. The van der Waals surface area contributed by atoms with Gasteiger partial charge in [-0.3, -0.25) is 14.9 Å². The van der Waals surface area contributed by atoms with Crippen molar-refractivity contribution in [1.29, 1.82) is 0 Å². The predicted octanol–water partition coefficient (Wildman–Crippen LogP) is 3.65. The van der Waals surface area contributed by atoms with Crippen LogP contribution in [0, 0.1) is 10.1 Å². The Morgan fingerprint density at radius 3 is 2.68 bits per heavy atom. The van der Waals surface area contributed by atoms with E-state index < -0.39 is 10.8 Å². The zero-order valence-corrected chi connectivity index (χ0v) is 11.1. The van der Waals surface area contributed by atoms with Crippen molar-refractivity contribution >= 4 is 39.6 Å². The van der Waals surface area contributed by atoms with E-state index in [4.69, 9.17) is 4.42 Å². The number of hydrogen-bond donors (Lipinski definition) is 2. The summed E-state index contributed by atoms with van der Waals surface area (Å²) in [6.45, 7) is 0. The smallest absolute Gasteiger partial charge is 0.293 e. The number of carbonyl (C=O) groups is 1. The number of fused-ring (bicyclic) bond motifs is 4. The molecule has 0 unspecified atom stereocenters. The van der Waals surface area contributed by atoms with Gasteiger partial charge in [0.25, 0.3) is 11.6 Å². The van der Waals surface area contributed by atoms with Crippen LogP contribution in [0.4, 0.5) is 22.7 Å². The molecule has 2 aromatic carbocycles. The molecule has 1 amide bonds. The van der Waals surface area contributed by atoms with Gasteiger partial charge in [0.2, 0.25) is 5.76 Å². The molecule has 4 rings (SSSR count). The minimum atomic E-state index is -0.510. The molecule has 2 heterocycles. The van der Waals surface area contributed by atoms with Crippen molar-refractivity contribution in [3.8, 4) is 0 Å². The number of para-hydroxylation sites is 1. The van der Waals surface area contributed by atoms with Gasteiger partial charge in [0, 0.05) is 17.5 Å². The zero-order chi connectivity index (χ0) is 15.3. The second-order valence-corrected chi connectivity index (χ2v) is 4.87. The minimum Gasteiger partial charge on any atom is -0.449 e. The Morgan fingerprint density at radius 2 is 1.86 bits per heavy atom. The SMILES string of the molecule is O=C1Nc2cc([N+](=O)[O-])ccc2Nc2c1oc1ccccc21. The number of benzene rings is 2. The molecule has 0 saturated carbocycles. The van der Waals surface area contributed by atoms with Gasteiger partial charge in [0.15, 0.2) is 0 Å². The first-order valence-electron chi connectivity index (χ1n) is 6.52. The lowest BCUT2D eigenvalue weighted by Crippen LogP contribution is -2.09. The Balaban J connectivity index is 1.91. The van der Waals surface area contributed by atoms with E-state index in [1.54, 1.807) is 12.1 Å². The molecule has 0 radical (unpaired) electrons. The van der Waals surface area contributed by atoms with Crippen LogP contribution in [0.1, 0.15) is 10.6 Å². The van der Waals surface area contributed by atoms with E-state index in [9.17, 15) is 14.9 Å². The summed E-state index contributed by atoms with van der Waals surface area (Å²) in [6, 6.07) is 11.5. The summed E-state index contributed by atoms with van der Waals surface area (Å²) in [4.78, 5) is 22.6. The summed E-state index contributed by atoms with van der Waals surface area (Å²) >= 11 is 0. The molecular formula is C15H9N3O4. The summed E-state index contributed by atoms with van der Waals surface area (Å²) < 4.78 is 5.58. The third kappa shape index (κ3) is 1.72. The third-order valence-corrected chi connectivity index (χ3v) is 3.52. The maximum atomic E-state index is 12.3. The highest BCUT2D eigenvalue weighted by Gasteiger charge is 2.26. The van der Waals surface area contributed by atoms with E-state index in [0.29, 0.717) is 22.6 Å². The first-order chi connectivity index (χ1) is 10.6. The minimum absolute atomic E-state index is 0.0933. The number of nitrogens with zero attached hydrogens (tertiary/aromatic N) is 1. The molecule has 2 N–H and O–H groups in total. The van der Waals surface area contributed by atoms with Crippen LogP contribution in [0.25, 0.3) is 11.0 Å². The lowest BCUT2D eigenvalue weighted by atomic mass is 10.2. The number of nitro groups is 1. The van der Waals surface area contributed by atoms with E-state index in [1.807, 2.05) is 18.2 Å². The summed E-state index contributed by atoms with van der Waals surface area (Å²) in [5, 5.41) is 17.4. The van der Waals surface area contributed by atoms with Crippen molar-refractivity contribution in [3.63, 3.8) is 0 Å². The van der Waals surface area contributed by atoms with Gasteiger partial charge in [-0.25, -0.2) is 0 Å². The molecular weight excluding hydrogens is 286 g/mol. The van der Waals surface area contributed by atoms with E-state index in [0.717, 1.165) is 5.39 Å². The van der Waals surface area contributed by atoms with Crippen LogP contribution in [0.5, 0.6) is 0 Å². The van der Waals surface area contributed by atoms with Gasteiger partial charge in [0.05, 0.1) is 22.0 Å². The van der Waals surface area contributed by atoms with Crippen LogP contribution in [-0.4, -0.2) is 10.8 Å². The summed E-state index contributed by atoms with van der Waals surface area (Å²) in [7, 11) is 0. The van der Waals surface area contributed by atoms with Crippen LogP contribution >= 0.6 is 0 Å². The lowest BCUT2D eigenvalue weighted by molar-refractivity contribution is -0.384. The van der Waals surface area contributed by atoms with Crippen molar-refractivity contribution in [3.05, 3.63) is 58.3 Å². The normalized spacial score (nSPS) is 12.8. The third-order valence-electron chi connectivity index (χ3n) is 3.52. The van der Waals surface area contributed by atoms with Crippen LogP contribution in [0.3, 0.4) is 0 Å². The van der Waals surface area contributed by atoms with Gasteiger partial charge in [-0.1, -0.05) is 12.1 Å². The lowest BCUT2D eigenvalue weighted by Gasteiger charge is -2.07. The molecule has 7 heteroatoms. The van der Waals surface area contributed by atoms with Crippen LogP contribution in [0.15, 0.2) is 46.9 Å². The van der Waals surface area contributed by atoms with Gasteiger partial charge in [0.1, 0.15) is 5.58 Å². The van der Waals surface area contributed by atoms with Gasteiger partial charge < -0.3 is 15.1 Å². The molecule has 3 aromatic rings. The molecule has 0 atom stereocenters. The van der Waals surface area contributed by atoms with E-state index in [-0.39, 0.29) is 11.4 Å². The summed E-state index contributed by atoms with van der Waals surface area (Å²) in [5.41, 5.74) is 1.98. The van der Waals surface area contributed by atoms with E-state index in [1.165, 1.54) is 12.1 Å². The zero-order valence-electron chi connectivity index (χ0n) is 11.1. The van der Waals surface area contributed by atoms with Crippen LogP contribution in [0.2, 0.25) is 0 Å². The summed E-state index contributed by atoms with van der Waals surface area (Å²) in [6.07, 6.45) is 0. The van der Waals surface area contributed by atoms with E-state index in [2.05, 4.69) is 10.6 Å². The van der Waals surface area contributed by atoms with Crippen LogP contribution < -0.4 is 10.6 Å². The molecule has 108 valence electrons. The molecule has 0 bridgehead atoms. The van der Waals surface area contributed by atoms with Crippen LogP contribution in [-0.2, 0) is 0 Å². The monoisotopic (exact) mass is 295 g/mol. The quantitative estimate of drug-likeness (QED) is 0.527. The Morgan fingerprint density at radius 1 is 1.05 bits per heavy atom. The molecule has 0 aliphatic carbocycles. The Kier molecular flexibility index (Phi) is 2.43. The number of nitro benzene ring substituents is 1. The Hall–Kier alpha value is -3.35. The molecule has 1 aliphatic heterocycles. The molecule has 0 spiro atoms. The number of amides is 1. The topological polar surface area (TPSA) is 97.4 Å². The standard InChI is InChI=1S/C15H9N3O4/c19-15-14-13(9-3-1-2-4-12(9)22-14)16-10-6-5-8(18(20)21)7-11(10)17-15/h1-7,16H,(H,17,19). The first kappa shape index (κ1) is 12.4. The van der Waals surface area contributed by atoms with Gasteiger partial charge in [-0.15, -0.1) is 0 Å². The highest BCUT2D eigenvalue weighted by molar-refractivity contribution is 6.15. The molecule has 1 aliphatic rings. The molecule has 0 saturated heterocycles. The fraction of sp³-hybridized carbons (Fsp3) is 0. The molecule has 1 aromatic heterocycles. The number of anilines is 3.